The van der Waals surface area contributed by atoms with Gasteiger partial charge in [0.2, 0.25) is 0 Å². The first-order valence-corrected chi connectivity index (χ1v) is 5.94. The van der Waals surface area contributed by atoms with Crippen LogP contribution >= 0.6 is 0 Å². The first kappa shape index (κ1) is 12.5. The number of aromatic nitrogens is 2. The summed E-state index contributed by atoms with van der Waals surface area (Å²) in [6.45, 7) is 0.624. The number of benzene rings is 1. The van der Waals surface area contributed by atoms with Gasteiger partial charge in [-0.1, -0.05) is 12.1 Å². The van der Waals surface area contributed by atoms with Crippen molar-refractivity contribution >= 4 is 0 Å². The van der Waals surface area contributed by atoms with Crippen LogP contribution in [0.25, 0.3) is 0 Å². The Hall–Kier alpha value is -1.94. The van der Waals surface area contributed by atoms with E-state index in [4.69, 9.17) is 10.5 Å². The first-order chi connectivity index (χ1) is 8.81. The highest BCUT2D eigenvalue weighted by molar-refractivity contribution is 5.30. The third-order valence-electron chi connectivity index (χ3n) is 2.69. The van der Waals surface area contributed by atoms with E-state index in [2.05, 4.69) is 9.97 Å². The third kappa shape index (κ3) is 3.28. The van der Waals surface area contributed by atoms with E-state index in [1.54, 1.807) is 7.11 Å². The first-order valence-electron chi connectivity index (χ1n) is 5.94. The van der Waals surface area contributed by atoms with Crippen LogP contribution in [0.1, 0.15) is 17.0 Å². The van der Waals surface area contributed by atoms with Gasteiger partial charge in [0.05, 0.1) is 7.11 Å². The molecule has 0 saturated heterocycles. The molecule has 0 aliphatic carbocycles. The van der Waals surface area contributed by atoms with Crippen LogP contribution in [0.5, 0.6) is 5.75 Å². The topological polar surface area (TPSA) is 61.0 Å². The monoisotopic (exact) mass is 243 g/mol. The van der Waals surface area contributed by atoms with Crippen molar-refractivity contribution < 1.29 is 4.74 Å². The minimum atomic E-state index is 0.624. The van der Waals surface area contributed by atoms with Crippen molar-refractivity contribution in [3.63, 3.8) is 0 Å². The van der Waals surface area contributed by atoms with Gasteiger partial charge in [0.15, 0.2) is 0 Å². The molecule has 0 atom stereocenters. The highest BCUT2D eigenvalue weighted by atomic mass is 16.5. The Kier molecular flexibility index (Phi) is 4.25. The van der Waals surface area contributed by atoms with Crippen LogP contribution in [0, 0.1) is 0 Å². The van der Waals surface area contributed by atoms with E-state index in [0.29, 0.717) is 13.0 Å². The molecule has 2 rings (SSSR count). The van der Waals surface area contributed by atoms with Gasteiger partial charge < -0.3 is 10.5 Å². The van der Waals surface area contributed by atoms with Gasteiger partial charge in [-0.3, -0.25) is 0 Å². The van der Waals surface area contributed by atoms with Gasteiger partial charge >= 0.3 is 0 Å². The molecule has 18 heavy (non-hydrogen) atoms. The molecule has 1 aromatic carbocycles. The lowest BCUT2D eigenvalue weighted by Gasteiger charge is -2.04. The molecule has 0 unspecified atom stereocenters. The molecule has 4 heteroatoms. The van der Waals surface area contributed by atoms with Crippen LogP contribution in [-0.4, -0.2) is 23.6 Å². The van der Waals surface area contributed by atoms with Crippen LogP contribution in [0.4, 0.5) is 0 Å². The fourth-order valence-corrected chi connectivity index (χ4v) is 1.73. The molecule has 2 aromatic rings. The molecule has 0 bridgehead atoms. The third-order valence-corrected chi connectivity index (χ3v) is 2.69. The van der Waals surface area contributed by atoms with Gasteiger partial charge in [-0.25, -0.2) is 9.97 Å². The molecule has 1 heterocycles. The van der Waals surface area contributed by atoms with E-state index in [0.717, 1.165) is 29.1 Å². The van der Waals surface area contributed by atoms with E-state index in [1.807, 2.05) is 36.7 Å². The van der Waals surface area contributed by atoms with E-state index >= 15 is 0 Å². The highest BCUT2D eigenvalue weighted by Crippen LogP contribution is 2.14. The van der Waals surface area contributed by atoms with Gasteiger partial charge in [-0.2, -0.15) is 0 Å². The zero-order chi connectivity index (χ0) is 12.8. The van der Waals surface area contributed by atoms with E-state index in [1.165, 1.54) is 0 Å². The van der Waals surface area contributed by atoms with Crippen LogP contribution in [0.2, 0.25) is 0 Å². The lowest BCUT2D eigenvalue weighted by Crippen LogP contribution is -2.05. The van der Waals surface area contributed by atoms with Crippen molar-refractivity contribution in [1.29, 1.82) is 0 Å². The van der Waals surface area contributed by atoms with Crippen molar-refractivity contribution in [2.75, 3.05) is 13.7 Å². The van der Waals surface area contributed by atoms with Gasteiger partial charge in [0.25, 0.3) is 0 Å². The smallest absolute Gasteiger partial charge is 0.132 e. The Balaban J connectivity index is 2.08. The molecule has 0 fully saturated rings. The second-order valence-corrected chi connectivity index (χ2v) is 4.07. The number of nitrogens with two attached hydrogens (primary N) is 1. The molecule has 0 amide bonds. The average molecular weight is 243 g/mol. The van der Waals surface area contributed by atoms with Crippen LogP contribution in [0.15, 0.2) is 36.7 Å². The molecule has 1 aromatic heterocycles. The minimum Gasteiger partial charge on any atom is -0.497 e. The lowest BCUT2D eigenvalue weighted by atomic mass is 10.1. The highest BCUT2D eigenvalue weighted by Gasteiger charge is 2.01. The fraction of sp³-hybridized carbons (Fsp3) is 0.286. The van der Waals surface area contributed by atoms with Gasteiger partial charge in [0, 0.05) is 18.8 Å². The van der Waals surface area contributed by atoms with Crippen molar-refractivity contribution in [2.24, 2.45) is 5.73 Å². The largest absolute Gasteiger partial charge is 0.497 e. The summed E-state index contributed by atoms with van der Waals surface area (Å²) < 4.78 is 5.19. The molecule has 0 radical (unpaired) electrons. The van der Waals surface area contributed by atoms with Gasteiger partial charge in [-0.05, 0) is 36.2 Å². The fourth-order valence-electron chi connectivity index (χ4n) is 1.73. The molecule has 0 aliphatic heterocycles. The van der Waals surface area contributed by atoms with Gasteiger partial charge in [0.1, 0.15) is 11.6 Å². The lowest BCUT2D eigenvalue weighted by molar-refractivity contribution is 0.414. The van der Waals surface area contributed by atoms with Crippen LogP contribution in [0.3, 0.4) is 0 Å². The summed E-state index contributed by atoms with van der Waals surface area (Å²) in [6.07, 6.45) is 5.21. The SMILES string of the molecule is COc1cccc(Cc2ncc(CCN)cn2)c1. The van der Waals surface area contributed by atoms with Crippen LogP contribution in [-0.2, 0) is 12.8 Å². The van der Waals surface area contributed by atoms with Crippen molar-refractivity contribution in [1.82, 2.24) is 9.97 Å². The number of rotatable bonds is 5. The predicted octanol–water partition coefficient (Wildman–Crippen LogP) is 1.58. The quantitative estimate of drug-likeness (QED) is 0.866. The second-order valence-electron chi connectivity index (χ2n) is 4.07. The summed E-state index contributed by atoms with van der Waals surface area (Å²) in [5.41, 5.74) is 7.70. The summed E-state index contributed by atoms with van der Waals surface area (Å²) >= 11 is 0. The Morgan fingerprint density at radius 1 is 1.17 bits per heavy atom. The van der Waals surface area contributed by atoms with E-state index in [9.17, 15) is 0 Å². The molecular weight excluding hydrogens is 226 g/mol. The molecule has 2 N–H and O–H groups in total. The predicted molar refractivity (Wildman–Crippen MR) is 70.6 cm³/mol. The molecular formula is C14H17N3O. The number of hydrogen-bond donors (Lipinski definition) is 1. The number of methoxy groups -OCH3 is 1. The summed E-state index contributed by atoms with van der Waals surface area (Å²) in [5.74, 6) is 1.66. The Morgan fingerprint density at radius 2 is 1.94 bits per heavy atom. The average Bonchev–Trinajstić information content (AvgIpc) is 2.42. The molecule has 94 valence electrons. The minimum absolute atomic E-state index is 0.624. The summed E-state index contributed by atoms with van der Waals surface area (Å²) in [4.78, 5) is 8.68. The maximum absolute atomic E-state index is 5.48. The number of nitrogens with zero attached hydrogens (tertiary/aromatic N) is 2. The Bertz CT molecular complexity index is 497. The molecule has 0 spiro atoms. The molecule has 0 aliphatic rings. The Morgan fingerprint density at radius 3 is 2.61 bits per heavy atom. The zero-order valence-electron chi connectivity index (χ0n) is 10.5. The Labute approximate surface area is 107 Å². The van der Waals surface area contributed by atoms with Crippen molar-refractivity contribution in [3.8, 4) is 5.75 Å². The molecule has 4 nitrogen and oxygen atoms in total. The standard InChI is InChI=1S/C14H17N3O/c1-18-13-4-2-3-11(7-13)8-14-16-9-12(5-6-15)10-17-14/h2-4,7,9-10H,5-6,8,15H2,1H3. The van der Waals surface area contributed by atoms with Crippen molar-refractivity contribution in [2.45, 2.75) is 12.8 Å². The maximum Gasteiger partial charge on any atom is 0.132 e. The zero-order valence-corrected chi connectivity index (χ0v) is 10.5. The maximum atomic E-state index is 5.48. The number of ether oxygens (including phenoxy) is 1. The number of hydrogen-bond acceptors (Lipinski definition) is 4. The van der Waals surface area contributed by atoms with E-state index < -0.39 is 0 Å². The van der Waals surface area contributed by atoms with Crippen molar-refractivity contribution in [3.05, 3.63) is 53.6 Å². The summed E-state index contributed by atoms with van der Waals surface area (Å²) in [6, 6.07) is 7.93. The normalized spacial score (nSPS) is 10.3. The van der Waals surface area contributed by atoms with Crippen LogP contribution < -0.4 is 10.5 Å². The second kappa shape index (κ2) is 6.12. The summed E-state index contributed by atoms with van der Waals surface area (Å²) in [7, 11) is 1.66. The van der Waals surface area contributed by atoms with Gasteiger partial charge in [-0.15, -0.1) is 0 Å². The molecule has 0 saturated carbocycles. The van der Waals surface area contributed by atoms with E-state index in [-0.39, 0.29) is 0 Å². The summed E-state index contributed by atoms with van der Waals surface area (Å²) in [5, 5.41) is 0.